The SMILES string of the molecule is O=Cc1ccc(-c2ccc(OCc3ccccc3)nc2)cc1Cl. The Morgan fingerprint density at radius 3 is 2.43 bits per heavy atom. The van der Waals surface area contributed by atoms with Gasteiger partial charge >= 0.3 is 0 Å². The lowest BCUT2D eigenvalue weighted by Gasteiger charge is -2.07. The van der Waals surface area contributed by atoms with Crippen LogP contribution in [0.25, 0.3) is 11.1 Å². The van der Waals surface area contributed by atoms with Crippen molar-refractivity contribution in [2.45, 2.75) is 6.61 Å². The topological polar surface area (TPSA) is 39.2 Å². The Morgan fingerprint density at radius 2 is 1.78 bits per heavy atom. The van der Waals surface area contributed by atoms with E-state index in [1.807, 2.05) is 48.5 Å². The number of aldehydes is 1. The molecule has 0 spiro atoms. The van der Waals surface area contributed by atoms with Crippen molar-refractivity contribution in [1.29, 1.82) is 0 Å². The third-order valence-electron chi connectivity index (χ3n) is 3.43. The van der Waals surface area contributed by atoms with Crippen molar-refractivity contribution in [2.24, 2.45) is 0 Å². The Kier molecular flexibility index (Phi) is 4.69. The normalized spacial score (nSPS) is 10.3. The maximum atomic E-state index is 10.8. The quantitative estimate of drug-likeness (QED) is 0.633. The van der Waals surface area contributed by atoms with Gasteiger partial charge in [-0.1, -0.05) is 48.0 Å². The van der Waals surface area contributed by atoms with Crippen molar-refractivity contribution in [2.75, 3.05) is 0 Å². The highest BCUT2D eigenvalue weighted by molar-refractivity contribution is 6.33. The highest BCUT2D eigenvalue weighted by Gasteiger charge is 2.04. The molecule has 0 aliphatic heterocycles. The molecule has 0 fully saturated rings. The summed E-state index contributed by atoms with van der Waals surface area (Å²) in [5, 5.41) is 0.432. The molecule has 0 atom stereocenters. The second-order valence-corrected chi connectivity index (χ2v) is 5.42. The molecular weight excluding hydrogens is 310 g/mol. The zero-order chi connectivity index (χ0) is 16.1. The number of nitrogens with zero attached hydrogens (tertiary/aromatic N) is 1. The number of aromatic nitrogens is 1. The summed E-state index contributed by atoms with van der Waals surface area (Å²) in [7, 11) is 0. The van der Waals surface area contributed by atoms with Crippen molar-refractivity contribution in [3.05, 3.63) is 83.0 Å². The van der Waals surface area contributed by atoms with E-state index in [9.17, 15) is 4.79 Å². The number of hydrogen-bond donors (Lipinski definition) is 0. The van der Waals surface area contributed by atoms with Crippen LogP contribution in [0.4, 0.5) is 0 Å². The number of ether oxygens (including phenoxy) is 1. The van der Waals surface area contributed by atoms with Crippen LogP contribution in [-0.4, -0.2) is 11.3 Å². The highest BCUT2D eigenvalue weighted by Crippen LogP contribution is 2.25. The fourth-order valence-electron chi connectivity index (χ4n) is 2.17. The molecule has 0 N–H and O–H groups in total. The monoisotopic (exact) mass is 323 g/mol. The Hall–Kier alpha value is -2.65. The van der Waals surface area contributed by atoms with Crippen LogP contribution < -0.4 is 4.74 Å². The van der Waals surface area contributed by atoms with Crippen molar-refractivity contribution in [3.8, 4) is 17.0 Å². The first-order chi connectivity index (χ1) is 11.3. The second-order valence-electron chi connectivity index (χ2n) is 5.01. The van der Waals surface area contributed by atoms with E-state index < -0.39 is 0 Å². The van der Waals surface area contributed by atoms with Crippen molar-refractivity contribution in [3.63, 3.8) is 0 Å². The molecule has 114 valence electrons. The number of benzene rings is 2. The fourth-order valence-corrected chi connectivity index (χ4v) is 2.40. The predicted octanol–water partition coefficient (Wildman–Crippen LogP) is 4.79. The van der Waals surface area contributed by atoms with Crippen LogP contribution in [0.2, 0.25) is 5.02 Å². The average Bonchev–Trinajstić information content (AvgIpc) is 2.61. The van der Waals surface area contributed by atoms with Crippen LogP contribution in [0.1, 0.15) is 15.9 Å². The maximum absolute atomic E-state index is 10.8. The third-order valence-corrected chi connectivity index (χ3v) is 3.75. The zero-order valence-electron chi connectivity index (χ0n) is 12.3. The minimum absolute atomic E-state index is 0.432. The number of rotatable bonds is 5. The maximum Gasteiger partial charge on any atom is 0.213 e. The first kappa shape index (κ1) is 15.3. The standard InChI is InChI=1S/C19H14ClNO2/c20-18-10-15(6-7-17(18)12-22)16-8-9-19(21-11-16)23-13-14-4-2-1-3-5-14/h1-12H,13H2. The van der Waals surface area contributed by atoms with Gasteiger partial charge in [-0.3, -0.25) is 4.79 Å². The highest BCUT2D eigenvalue weighted by atomic mass is 35.5. The second kappa shape index (κ2) is 7.07. The van der Waals surface area contributed by atoms with Gasteiger partial charge < -0.3 is 4.74 Å². The van der Waals surface area contributed by atoms with Gasteiger partial charge in [-0.25, -0.2) is 4.98 Å². The van der Waals surface area contributed by atoms with Gasteiger partial charge in [0, 0.05) is 23.4 Å². The molecule has 0 bridgehead atoms. The van der Waals surface area contributed by atoms with Gasteiger partial charge in [-0.05, 0) is 29.3 Å². The molecule has 0 amide bonds. The molecule has 23 heavy (non-hydrogen) atoms. The van der Waals surface area contributed by atoms with E-state index in [-0.39, 0.29) is 0 Å². The predicted molar refractivity (Wildman–Crippen MR) is 90.8 cm³/mol. The summed E-state index contributed by atoms with van der Waals surface area (Å²) in [5.74, 6) is 0.563. The van der Waals surface area contributed by atoms with Crippen molar-refractivity contribution >= 4 is 17.9 Å². The van der Waals surface area contributed by atoms with Gasteiger partial charge in [0.15, 0.2) is 6.29 Å². The van der Waals surface area contributed by atoms with E-state index in [1.54, 1.807) is 18.3 Å². The number of pyridine rings is 1. The molecule has 0 unspecified atom stereocenters. The molecule has 0 saturated heterocycles. The molecule has 3 aromatic rings. The van der Waals surface area contributed by atoms with Crippen LogP contribution in [0.5, 0.6) is 5.88 Å². The largest absolute Gasteiger partial charge is 0.473 e. The van der Waals surface area contributed by atoms with Crippen molar-refractivity contribution in [1.82, 2.24) is 4.98 Å². The summed E-state index contributed by atoms with van der Waals surface area (Å²) in [6.45, 7) is 0.479. The van der Waals surface area contributed by atoms with Gasteiger partial charge in [0.25, 0.3) is 0 Å². The Balaban J connectivity index is 1.72. The molecule has 0 aliphatic rings. The smallest absolute Gasteiger partial charge is 0.213 e. The first-order valence-corrected chi connectivity index (χ1v) is 7.52. The van der Waals surface area contributed by atoms with E-state index >= 15 is 0 Å². The summed E-state index contributed by atoms with van der Waals surface area (Å²) in [4.78, 5) is 15.1. The minimum Gasteiger partial charge on any atom is -0.473 e. The summed E-state index contributed by atoms with van der Waals surface area (Å²) >= 11 is 6.05. The van der Waals surface area contributed by atoms with Crippen LogP contribution in [0, 0.1) is 0 Å². The zero-order valence-corrected chi connectivity index (χ0v) is 13.0. The molecular formula is C19H14ClNO2. The third kappa shape index (κ3) is 3.76. The minimum atomic E-state index is 0.432. The molecule has 2 aromatic carbocycles. The molecule has 0 radical (unpaired) electrons. The lowest BCUT2D eigenvalue weighted by molar-refractivity contribution is 0.112. The number of carbonyl (C=O) groups excluding carboxylic acids is 1. The van der Waals surface area contributed by atoms with Crippen LogP contribution in [-0.2, 0) is 6.61 Å². The molecule has 3 rings (SSSR count). The summed E-state index contributed by atoms with van der Waals surface area (Å²) < 4.78 is 5.66. The summed E-state index contributed by atoms with van der Waals surface area (Å²) in [6.07, 6.45) is 2.47. The van der Waals surface area contributed by atoms with E-state index in [2.05, 4.69) is 4.98 Å². The number of hydrogen-bond acceptors (Lipinski definition) is 3. The lowest BCUT2D eigenvalue weighted by atomic mass is 10.1. The fraction of sp³-hybridized carbons (Fsp3) is 0.0526. The average molecular weight is 324 g/mol. The number of halogens is 1. The lowest BCUT2D eigenvalue weighted by Crippen LogP contribution is -1.96. The molecule has 0 aliphatic carbocycles. The van der Waals surface area contributed by atoms with E-state index in [1.165, 1.54) is 0 Å². The van der Waals surface area contributed by atoms with Gasteiger partial charge in [0.2, 0.25) is 5.88 Å². The van der Waals surface area contributed by atoms with Crippen LogP contribution >= 0.6 is 11.6 Å². The van der Waals surface area contributed by atoms with Crippen LogP contribution in [0.3, 0.4) is 0 Å². The number of carbonyl (C=O) groups is 1. The molecule has 0 saturated carbocycles. The molecule has 4 heteroatoms. The van der Waals surface area contributed by atoms with Gasteiger partial charge in [0.1, 0.15) is 6.61 Å². The molecule has 1 aromatic heterocycles. The van der Waals surface area contributed by atoms with E-state index in [0.29, 0.717) is 23.1 Å². The summed E-state index contributed by atoms with van der Waals surface area (Å²) in [5.41, 5.74) is 3.39. The van der Waals surface area contributed by atoms with Gasteiger partial charge in [-0.2, -0.15) is 0 Å². The van der Waals surface area contributed by atoms with E-state index in [4.69, 9.17) is 16.3 Å². The van der Waals surface area contributed by atoms with Gasteiger partial charge in [0.05, 0.1) is 5.02 Å². The van der Waals surface area contributed by atoms with Gasteiger partial charge in [-0.15, -0.1) is 0 Å². The molecule has 1 heterocycles. The molecule has 3 nitrogen and oxygen atoms in total. The van der Waals surface area contributed by atoms with Crippen LogP contribution in [0.15, 0.2) is 66.9 Å². The van der Waals surface area contributed by atoms with E-state index in [0.717, 1.165) is 23.0 Å². The first-order valence-electron chi connectivity index (χ1n) is 7.14. The Labute approximate surface area is 139 Å². The Morgan fingerprint density at radius 1 is 1.00 bits per heavy atom. The summed E-state index contributed by atoms with van der Waals surface area (Å²) in [6, 6.07) is 19.0. The Bertz CT molecular complexity index is 801. The van der Waals surface area contributed by atoms with Crippen molar-refractivity contribution < 1.29 is 9.53 Å².